The molecule has 1 aromatic carbocycles. The second-order valence-electron chi connectivity index (χ2n) is 4.54. The van der Waals surface area contributed by atoms with Crippen molar-refractivity contribution in [1.29, 1.82) is 0 Å². The monoisotopic (exact) mass is 329 g/mol. The van der Waals surface area contributed by atoms with E-state index in [1.807, 2.05) is 0 Å². The molecule has 0 bridgehead atoms. The molecule has 0 radical (unpaired) electrons. The van der Waals surface area contributed by atoms with Crippen molar-refractivity contribution in [3.05, 3.63) is 52.7 Å². The third kappa shape index (κ3) is 4.21. The molecule has 7 heteroatoms. The van der Waals surface area contributed by atoms with E-state index in [1.54, 1.807) is 6.07 Å². The zero-order chi connectivity index (χ0) is 16.3. The van der Waals surface area contributed by atoms with Crippen molar-refractivity contribution in [3.63, 3.8) is 0 Å². The first-order chi connectivity index (χ1) is 10.3. The molecule has 2 rings (SSSR count). The van der Waals surface area contributed by atoms with Crippen LogP contribution in [0.25, 0.3) is 11.3 Å². The molecule has 1 heterocycles. The molecule has 0 unspecified atom stereocenters. The maximum Gasteiger partial charge on any atom is 0.416 e. The van der Waals surface area contributed by atoms with E-state index in [0.29, 0.717) is 16.8 Å². The number of hydrogen-bond donors (Lipinski definition) is 0. The first-order valence-corrected chi connectivity index (χ1v) is 6.61. The Bertz CT molecular complexity index is 684. The smallest absolute Gasteiger partial charge is 0.416 e. The summed E-state index contributed by atoms with van der Waals surface area (Å²) in [7, 11) is 0. The number of nitrogens with zero attached hydrogens (tertiary/aromatic N) is 1. The largest absolute Gasteiger partial charge is 0.461 e. The summed E-state index contributed by atoms with van der Waals surface area (Å²) in [5.41, 5.74) is 0.756. The molecule has 0 saturated carbocycles. The number of ether oxygens (including phenoxy) is 1. The molecule has 0 aliphatic heterocycles. The average Bonchev–Trinajstić information content (AvgIpc) is 2.44. The zero-order valence-electron chi connectivity index (χ0n) is 11.4. The maximum atomic E-state index is 12.5. The van der Waals surface area contributed by atoms with Gasteiger partial charge in [-0.1, -0.05) is 23.7 Å². The van der Waals surface area contributed by atoms with Crippen molar-refractivity contribution >= 4 is 17.6 Å². The minimum Gasteiger partial charge on any atom is -0.461 e. The first-order valence-electron chi connectivity index (χ1n) is 6.23. The van der Waals surface area contributed by atoms with Crippen LogP contribution < -0.4 is 0 Å². The molecule has 0 fully saturated rings. The molecular formula is C15H11ClF3NO2. The van der Waals surface area contributed by atoms with Crippen LogP contribution in [-0.2, 0) is 22.3 Å². The molecule has 0 amide bonds. The van der Waals surface area contributed by atoms with Gasteiger partial charge in [0.2, 0.25) is 0 Å². The van der Waals surface area contributed by atoms with Gasteiger partial charge in [0.25, 0.3) is 0 Å². The lowest BCUT2D eigenvalue weighted by Crippen LogP contribution is -2.04. The highest BCUT2D eigenvalue weighted by molar-refractivity contribution is 6.29. The quantitative estimate of drug-likeness (QED) is 0.615. The summed E-state index contributed by atoms with van der Waals surface area (Å²) >= 11 is 5.89. The Hall–Kier alpha value is -2.08. The minimum atomic E-state index is -4.39. The van der Waals surface area contributed by atoms with Crippen molar-refractivity contribution < 1.29 is 22.7 Å². The van der Waals surface area contributed by atoms with Crippen LogP contribution in [0.5, 0.6) is 0 Å². The minimum absolute atomic E-state index is 0.0191. The van der Waals surface area contributed by atoms with Crippen LogP contribution in [0.2, 0.25) is 5.15 Å². The van der Waals surface area contributed by atoms with Crippen LogP contribution in [0.1, 0.15) is 18.1 Å². The Labute approximate surface area is 129 Å². The number of hydrogen-bond acceptors (Lipinski definition) is 3. The van der Waals surface area contributed by atoms with Gasteiger partial charge in [0.15, 0.2) is 0 Å². The van der Waals surface area contributed by atoms with E-state index in [0.717, 1.165) is 12.1 Å². The summed E-state index contributed by atoms with van der Waals surface area (Å²) in [5, 5.41) is 0.166. The Morgan fingerprint density at radius 2 is 1.86 bits per heavy atom. The Morgan fingerprint density at radius 3 is 2.41 bits per heavy atom. The highest BCUT2D eigenvalue weighted by Gasteiger charge is 2.30. The van der Waals surface area contributed by atoms with Crippen LogP contribution in [0.3, 0.4) is 0 Å². The number of aromatic nitrogens is 1. The Balaban J connectivity index is 2.30. The van der Waals surface area contributed by atoms with Gasteiger partial charge in [0.1, 0.15) is 11.8 Å². The predicted molar refractivity (Wildman–Crippen MR) is 75.2 cm³/mol. The lowest BCUT2D eigenvalue weighted by atomic mass is 10.1. The second kappa shape index (κ2) is 6.36. The van der Waals surface area contributed by atoms with Gasteiger partial charge < -0.3 is 4.74 Å². The van der Waals surface area contributed by atoms with Gasteiger partial charge in [0, 0.05) is 12.5 Å². The van der Waals surface area contributed by atoms with Gasteiger partial charge in [0.05, 0.1) is 11.3 Å². The van der Waals surface area contributed by atoms with Gasteiger partial charge in [-0.05, 0) is 29.8 Å². The van der Waals surface area contributed by atoms with Crippen molar-refractivity contribution in [3.8, 4) is 11.3 Å². The molecule has 0 atom stereocenters. The standard InChI is InChI=1S/C15H11ClF3NO2/c1-9(21)22-8-10-6-13(20-14(16)7-10)11-2-4-12(5-3-11)15(17,18)19/h2-7H,8H2,1H3. The highest BCUT2D eigenvalue weighted by Crippen LogP contribution is 2.31. The second-order valence-corrected chi connectivity index (χ2v) is 4.93. The third-order valence-electron chi connectivity index (χ3n) is 2.80. The summed E-state index contributed by atoms with van der Waals surface area (Å²) in [6.45, 7) is 1.30. The van der Waals surface area contributed by atoms with E-state index >= 15 is 0 Å². The normalized spacial score (nSPS) is 11.3. The highest BCUT2D eigenvalue weighted by atomic mass is 35.5. The van der Waals surface area contributed by atoms with Gasteiger partial charge >= 0.3 is 12.1 Å². The predicted octanol–water partition coefficient (Wildman–Crippen LogP) is 4.48. The van der Waals surface area contributed by atoms with Crippen LogP contribution >= 0.6 is 11.6 Å². The summed E-state index contributed by atoms with van der Waals surface area (Å²) in [6, 6.07) is 7.72. The van der Waals surface area contributed by atoms with Gasteiger partial charge in [-0.2, -0.15) is 13.2 Å². The molecule has 116 valence electrons. The van der Waals surface area contributed by atoms with E-state index in [2.05, 4.69) is 4.98 Å². The van der Waals surface area contributed by atoms with Crippen molar-refractivity contribution in [2.24, 2.45) is 0 Å². The number of pyridine rings is 1. The van der Waals surface area contributed by atoms with Gasteiger partial charge in [-0.15, -0.1) is 0 Å². The number of alkyl halides is 3. The average molecular weight is 330 g/mol. The van der Waals surface area contributed by atoms with E-state index in [-0.39, 0.29) is 11.8 Å². The van der Waals surface area contributed by atoms with Crippen molar-refractivity contribution in [2.75, 3.05) is 0 Å². The molecule has 3 nitrogen and oxygen atoms in total. The number of halogens is 4. The lowest BCUT2D eigenvalue weighted by molar-refractivity contribution is -0.142. The van der Waals surface area contributed by atoms with Crippen molar-refractivity contribution in [1.82, 2.24) is 4.98 Å². The first kappa shape index (κ1) is 16.3. The topological polar surface area (TPSA) is 39.2 Å². The third-order valence-corrected chi connectivity index (χ3v) is 3.00. The van der Waals surface area contributed by atoms with Gasteiger partial charge in [-0.25, -0.2) is 4.98 Å². The fraction of sp³-hybridized carbons (Fsp3) is 0.200. The molecule has 0 aliphatic carbocycles. The summed E-state index contributed by atoms with van der Waals surface area (Å²) in [6.07, 6.45) is -4.39. The van der Waals surface area contributed by atoms with Crippen LogP contribution in [0.4, 0.5) is 13.2 Å². The summed E-state index contributed by atoms with van der Waals surface area (Å²) in [5.74, 6) is -0.441. The number of carbonyl (C=O) groups is 1. The molecule has 0 spiro atoms. The van der Waals surface area contributed by atoms with Crippen LogP contribution in [0.15, 0.2) is 36.4 Å². The summed E-state index contributed by atoms with van der Waals surface area (Å²) in [4.78, 5) is 14.9. The molecule has 22 heavy (non-hydrogen) atoms. The lowest BCUT2D eigenvalue weighted by Gasteiger charge is -2.09. The van der Waals surface area contributed by atoms with Crippen molar-refractivity contribution in [2.45, 2.75) is 19.7 Å². The molecule has 0 saturated heterocycles. The molecule has 2 aromatic rings. The SMILES string of the molecule is CC(=O)OCc1cc(Cl)nc(-c2ccc(C(F)(F)F)cc2)c1. The fourth-order valence-corrected chi connectivity index (χ4v) is 2.03. The fourth-order valence-electron chi connectivity index (χ4n) is 1.80. The molecule has 0 N–H and O–H groups in total. The maximum absolute atomic E-state index is 12.5. The number of carbonyl (C=O) groups excluding carboxylic acids is 1. The molecule has 0 aliphatic rings. The van der Waals surface area contributed by atoms with Gasteiger partial charge in [-0.3, -0.25) is 4.79 Å². The Kier molecular flexibility index (Phi) is 4.71. The molecular weight excluding hydrogens is 319 g/mol. The van der Waals surface area contributed by atoms with E-state index in [1.165, 1.54) is 25.1 Å². The van der Waals surface area contributed by atoms with E-state index in [4.69, 9.17) is 16.3 Å². The Morgan fingerprint density at radius 1 is 1.23 bits per heavy atom. The van der Waals surface area contributed by atoms with E-state index in [9.17, 15) is 18.0 Å². The molecule has 1 aromatic heterocycles. The van der Waals surface area contributed by atoms with Crippen LogP contribution in [-0.4, -0.2) is 11.0 Å². The van der Waals surface area contributed by atoms with E-state index < -0.39 is 17.7 Å². The number of rotatable bonds is 3. The number of benzene rings is 1. The zero-order valence-corrected chi connectivity index (χ0v) is 12.2. The number of esters is 1. The summed E-state index contributed by atoms with van der Waals surface area (Å²) < 4.78 is 42.5. The van der Waals surface area contributed by atoms with Crippen LogP contribution in [0, 0.1) is 0 Å².